The second-order valence-electron chi connectivity index (χ2n) is 4.90. The van der Waals surface area contributed by atoms with Crippen molar-refractivity contribution >= 4 is 0 Å². The van der Waals surface area contributed by atoms with Gasteiger partial charge < -0.3 is 9.73 Å². The molecule has 0 amide bonds. The summed E-state index contributed by atoms with van der Waals surface area (Å²) in [6, 6.07) is 10.2. The Morgan fingerprint density at radius 2 is 2.11 bits per heavy atom. The first kappa shape index (κ1) is 12.8. The molecule has 1 N–H and O–H groups in total. The smallest absolute Gasteiger partial charge is 0.117 e. The molecule has 18 heavy (non-hydrogen) atoms. The second-order valence-corrected chi connectivity index (χ2v) is 4.90. The van der Waals surface area contributed by atoms with E-state index in [1.807, 2.05) is 30.5 Å². The first-order valence-electron chi connectivity index (χ1n) is 6.42. The van der Waals surface area contributed by atoms with Crippen molar-refractivity contribution in [2.45, 2.75) is 32.9 Å². The van der Waals surface area contributed by atoms with Gasteiger partial charge in [-0.25, -0.2) is 0 Å². The van der Waals surface area contributed by atoms with Crippen LogP contribution in [0, 0.1) is 5.92 Å². The molecule has 0 aromatic carbocycles. The first-order chi connectivity index (χ1) is 8.75. The Hall–Kier alpha value is -1.61. The zero-order valence-electron chi connectivity index (χ0n) is 11.0. The third-order valence-corrected chi connectivity index (χ3v) is 2.85. The minimum absolute atomic E-state index is 0.274. The zero-order chi connectivity index (χ0) is 12.8. The highest BCUT2D eigenvalue weighted by Crippen LogP contribution is 2.19. The van der Waals surface area contributed by atoms with Gasteiger partial charge in [0.2, 0.25) is 0 Å². The van der Waals surface area contributed by atoms with Crippen molar-refractivity contribution in [3.8, 4) is 0 Å². The Kier molecular flexibility index (Phi) is 4.53. The topological polar surface area (TPSA) is 38.1 Å². The maximum Gasteiger partial charge on any atom is 0.117 e. The van der Waals surface area contributed by atoms with E-state index in [-0.39, 0.29) is 6.04 Å². The van der Waals surface area contributed by atoms with E-state index in [1.165, 1.54) is 0 Å². The number of furan rings is 1. The predicted octanol–water partition coefficient (Wildman–Crippen LogP) is 3.55. The molecule has 0 bridgehead atoms. The summed E-state index contributed by atoms with van der Waals surface area (Å²) in [5, 5.41) is 3.51. The number of nitrogens with one attached hydrogen (secondary N) is 1. The van der Waals surface area contributed by atoms with Gasteiger partial charge in [0.15, 0.2) is 0 Å². The number of aromatic nitrogens is 1. The lowest BCUT2D eigenvalue weighted by Gasteiger charge is -2.19. The number of hydrogen-bond acceptors (Lipinski definition) is 3. The fourth-order valence-corrected chi connectivity index (χ4v) is 2.00. The van der Waals surface area contributed by atoms with Crippen LogP contribution in [0.5, 0.6) is 0 Å². The molecule has 2 heterocycles. The molecular weight excluding hydrogens is 224 g/mol. The Bertz CT molecular complexity index is 437. The summed E-state index contributed by atoms with van der Waals surface area (Å²) in [6.07, 6.45) is 4.62. The van der Waals surface area contributed by atoms with Gasteiger partial charge in [0, 0.05) is 6.20 Å². The molecule has 96 valence electrons. The highest BCUT2D eigenvalue weighted by atomic mass is 16.3. The molecule has 0 aliphatic heterocycles. The Balaban J connectivity index is 2.01. The van der Waals surface area contributed by atoms with Gasteiger partial charge in [-0.05, 0) is 36.6 Å². The number of hydrogen-bond donors (Lipinski definition) is 1. The quantitative estimate of drug-likeness (QED) is 0.844. The van der Waals surface area contributed by atoms with E-state index in [0.717, 1.165) is 24.4 Å². The highest BCUT2D eigenvalue weighted by Gasteiger charge is 2.14. The fraction of sp³-hybridized carbons (Fsp3) is 0.400. The van der Waals surface area contributed by atoms with Crippen LogP contribution in [-0.4, -0.2) is 4.98 Å². The average molecular weight is 244 g/mol. The normalized spacial score (nSPS) is 12.8. The number of nitrogens with zero attached hydrogens (tertiary/aromatic N) is 1. The molecule has 0 aliphatic carbocycles. The van der Waals surface area contributed by atoms with Crippen molar-refractivity contribution in [3.05, 3.63) is 54.2 Å². The van der Waals surface area contributed by atoms with Crippen molar-refractivity contribution in [1.29, 1.82) is 0 Å². The van der Waals surface area contributed by atoms with E-state index in [4.69, 9.17) is 4.42 Å². The highest BCUT2D eigenvalue weighted by molar-refractivity contribution is 5.09. The average Bonchev–Trinajstić information content (AvgIpc) is 2.88. The van der Waals surface area contributed by atoms with E-state index in [1.54, 1.807) is 6.26 Å². The van der Waals surface area contributed by atoms with Gasteiger partial charge in [-0.2, -0.15) is 0 Å². The van der Waals surface area contributed by atoms with Crippen LogP contribution in [0.2, 0.25) is 0 Å². The molecule has 2 aromatic rings. The predicted molar refractivity (Wildman–Crippen MR) is 72.0 cm³/mol. The zero-order valence-corrected chi connectivity index (χ0v) is 11.0. The summed E-state index contributed by atoms with van der Waals surface area (Å²) in [7, 11) is 0. The molecule has 0 saturated carbocycles. The van der Waals surface area contributed by atoms with Crippen LogP contribution >= 0.6 is 0 Å². The lowest BCUT2D eigenvalue weighted by molar-refractivity contribution is 0.394. The molecule has 0 fully saturated rings. The summed E-state index contributed by atoms with van der Waals surface area (Å²) < 4.78 is 5.34. The van der Waals surface area contributed by atoms with E-state index < -0.39 is 0 Å². The van der Waals surface area contributed by atoms with Gasteiger partial charge in [0.1, 0.15) is 5.76 Å². The van der Waals surface area contributed by atoms with E-state index >= 15 is 0 Å². The van der Waals surface area contributed by atoms with Gasteiger partial charge in [-0.15, -0.1) is 0 Å². The number of pyridine rings is 1. The maximum atomic E-state index is 5.34. The minimum Gasteiger partial charge on any atom is -0.468 e. The molecule has 0 aliphatic rings. The Morgan fingerprint density at radius 3 is 2.72 bits per heavy atom. The molecule has 3 heteroatoms. The fourth-order valence-electron chi connectivity index (χ4n) is 2.00. The van der Waals surface area contributed by atoms with E-state index in [0.29, 0.717) is 5.92 Å². The van der Waals surface area contributed by atoms with Gasteiger partial charge >= 0.3 is 0 Å². The van der Waals surface area contributed by atoms with Crippen molar-refractivity contribution in [1.82, 2.24) is 10.3 Å². The Labute approximate surface area is 108 Å². The molecule has 3 nitrogen and oxygen atoms in total. The summed E-state index contributed by atoms with van der Waals surface area (Å²) in [6.45, 7) is 5.19. The van der Waals surface area contributed by atoms with Crippen LogP contribution in [0.4, 0.5) is 0 Å². The van der Waals surface area contributed by atoms with Crippen molar-refractivity contribution < 1.29 is 4.42 Å². The van der Waals surface area contributed by atoms with Gasteiger partial charge in [-0.1, -0.05) is 19.9 Å². The van der Waals surface area contributed by atoms with Gasteiger partial charge in [0.05, 0.1) is 24.5 Å². The van der Waals surface area contributed by atoms with E-state index in [9.17, 15) is 0 Å². The van der Waals surface area contributed by atoms with Crippen molar-refractivity contribution in [3.63, 3.8) is 0 Å². The molecular formula is C15H20N2O. The molecule has 0 unspecified atom stereocenters. The second kappa shape index (κ2) is 6.36. The maximum absolute atomic E-state index is 5.34. The molecule has 0 saturated heterocycles. The monoisotopic (exact) mass is 244 g/mol. The molecule has 2 aromatic heterocycles. The van der Waals surface area contributed by atoms with Crippen molar-refractivity contribution in [2.24, 2.45) is 5.92 Å². The van der Waals surface area contributed by atoms with Crippen LogP contribution in [0.25, 0.3) is 0 Å². The lowest BCUT2D eigenvalue weighted by Crippen LogP contribution is -2.23. The molecule has 0 radical (unpaired) electrons. The van der Waals surface area contributed by atoms with Crippen molar-refractivity contribution in [2.75, 3.05) is 0 Å². The summed E-state index contributed by atoms with van der Waals surface area (Å²) in [5.41, 5.74) is 1.10. The third kappa shape index (κ3) is 3.70. The van der Waals surface area contributed by atoms with Crippen LogP contribution < -0.4 is 5.32 Å². The minimum atomic E-state index is 0.274. The first-order valence-corrected chi connectivity index (χ1v) is 6.42. The molecule has 2 rings (SSSR count). The van der Waals surface area contributed by atoms with E-state index in [2.05, 4.69) is 30.2 Å². The standard InChI is InChI=1S/C15H20N2O/c1-12(2)10-15(14-7-3-4-8-16-14)17-11-13-6-5-9-18-13/h3-9,12,15,17H,10-11H2,1-2H3/t15-/m1/s1. The SMILES string of the molecule is CC(C)C[C@@H](NCc1ccco1)c1ccccn1. The molecule has 1 atom stereocenters. The number of rotatable bonds is 6. The summed E-state index contributed by atoms with van der Waals surface area (Å²) >= 11 is 0. The molecule has 0 spiro atoms. The van der Waals surface area contributed by atoms with Crippen LogP contribution in [-0.2, 0) is 6.54 Å². The third-order valence-electron chi connectivity index (χ3n) is 2.85. The van der Waals surface area contributed by atoms with Gasteiger partial charge in [0.25, 0.3) is 0 Å². The van der Waals surface area contributed by atoms with Crippen LogP contribution in [0.15, 0.2) is 47.2 Å². The van der Waals surface area contributed by atoms with Crippen LogP contribution in [0.3, 0.4) is 0 Å². The largest absolute Gasteiger partial charge is 0.468 e. The summed E-state index contributed by atoms with van der Waals surface area (Å²) in [5.74, 6) is 1.58. The van der Waals surface area contributed by atoms with Gasteiger partial charge in [-0.3, -0.25) is 4.98 Å². The Morgan fingerprint density at radius 1 is 1.22 bits per heavy atom. The lowest BCUT2D eigenvalue weighted by atomic mass is 10.0. The van der Waals surface area contributed by atoms with Crippen LogP contribution in [0.1, 0.15) is 37.8 Å². The summed E-state index contributed by atoms with van der Waals surface area (Å²) in [4.78, 5) is 4.44.